The molecule has 0 aliphatic carbocycles. The summed E-state index contributed by atoms with van der Waals surface area (Å²) in [5, 5.41) is 0. The lowest BCUT2D eigenvalue weighted by molar-refractivity contribution is 0.276. The highest BCUT2D eigenvalue weighted by Crippen LogP contribution is 2.31. The molecule has 0 aromatic heterocycles. The van der Waals surface area contributed by atoms with E-state index in [1.165, 1.54) is 32.1 Å². The second-order valence-corrected chi connectivity index (χ2v) is 3.87. The fourth-order valence-corrected chi connectivity index (χ4v) is 1.28. The number of rotatable bonds is 6. The van der Waals surface area contributed by atoms with E-state index in [2.05, 4.69) is 27.7 Å². The Morgan fingerprint density at radius 1 is 1.18 bits per heavy atom. The van der Waals surface area contributed by atoms with Crippen LogP contribution in [-0.4, -0.2) is 0 Å². The van der Waals surface area contributed by atoms with Gasteiger partial charge in [0.2, 0.25) is 0 Å². The summed E-state index contributed by atoms with van der Waals surface area (Å²) in [4.78, 5) is 0. The van der Waals surface area contributed by atoms with E-state index in [0.29, 0.717) is 5.41 Å². The van der Waals surface area contributed by atoms with E-state index in [0.717, 1.165) is 6.42 Å². The Morgan fingerprint density at radius 3 is 2.18 bits per heavy atom. The number of unbranched alkanes of at least 4 members (excludes halogenated alkanes) is 2. The maximum atomic E-state index is 4.01. The minimum absolute atomic E-state index is 0.523. The Balaban J connectivity index is 3.51. The summed E-state index contributed by atoms with van der Waals surface area (Å²) < 4.78 is 0. The van der Waals surface area contributed by atoms with Gasteiger partial charge in [0.25, 0.3) is 0 Å². The smallest absolute Gasteiger partial charge is 0.0328 e. The Hall–Kier alpha value is 0. The number of hydrogen-bond acceptors (Lipinski definition) is 0. The van der Waals surface area contributed by atoms with Crippen molar-refractivity contribution in [2.45, 2.75) is 59.3 Å². The van der Waals surface area contributed by atoms with Crippen LogP contribution in [0, 0.1) is 12.3 Å². The molecule has 0 aliphatic heterocycles. The largest absolute Gasteiger partial charge is 0.0654 e. The highest BCUT2D eigenvalue weighted by molar-refractivity contribution is 4.73. The maximum absolute atomic E-state index is 4.01. The van der Waals surface area contributed by atoms with Crippen molar-refractivity contribution in [1.29, 1.82) is 0 Å². The molecule has 0 saturated carbocycles. The van der Waals surface area contributed by atoms with Gasteiger partial charge in [-0.2, -0.15) is 0 Å². The predicted octanol–water partition coefficient (Wildman–Crippen LogP) is 4.21. The zero-order valence-corrected chi connectivity index (χ0v) is 8.45. The van der Waals surface area contributed by atoms with Crippen molar-refractivity contribution in [3.05, 3.63) is 6.92 Å². The van der Waals surface area contributed by atoms with E-state index < -0.39 is 0 Å². The summed E-state index contributed by atoms with van der Waals surface area (Å²) in [7, 11) is 0. The Morgan fingerprint density at radius 2 is 1.82 bits per heavy atom. The molecule has 1 atom stereocenters. The molecule has 0 saturated heterocycles. The van der Waals surface area contributed by atoms with Crippen LogP contribution in [0.2, 0.25) is 0 Å². The lowest BCUT2D eigenvalue weighted by atomic mass is 9.80. The van der Waals surface area contributed by atoms with Crippen LogP contribution in [0.4, 0.5) is 0 Å². The van der Waals surface area contributed by atoms with E-state index in [1.807, 2.05) is 0 Å². The molecule has 0 heterocycles. The molecular formula is C11H23. The average Bonchev–Trinajstić information content (AvgIpc) is 2.05. The second-order valence-electron chi connectivity index (χ2n) is 3.87. The van der Waals surface area contributed by atoms with Gasteiger partial charge in [-0.1, -0.05) is 53.4 Å². The monoisotopic (exact) mass is 155 g/mol. The van der Waals surface area contributed by atoms with Crippen LogP contribution in [0.5, 0.6) is 0 Å². The molecule has 0 rings (SSSR count). The third-order valence-corrected chi connectivity index (χ3v) is 2.84. The van der Waals surface area contributed by atoms with Gasteiger partial charge in [0.05, 0.1) is 0 Å². The highest BCUT2D eigenvalue weighted by atomic mass is 14.2. The lowest BCUT2D eigenvalue weighted by Crippen LogP contribution is -2.13. The molecule has 0 spiro atoms. The topological polar surface area (TPSA) is 0 Å². The first-order valence-corrected chi connectivity index (χ1v) is 4.97. The quantitative estimate of drug-likeness (QED) is 0.504. The molecule has 0 aliphatic rings. The van der Waals surface area contributed by atoms with Gasteiger partial charge in [-0.3, -0.25) is 0 Å². The summed E-state index contributed by atoms with van der Waals surface area (Å²) in [6.07, 6.45) is 7.83. The number of hydrogen-bond donors (Lipinski definition) is 0. The zero-order chi connectivity index (χ0) is 8.74. The van der Waals surface area contributed by atoms with Crippen molar-refractivity contribution < 1.29 is 0 Å². The molecule has 0 nitrogen and oxygen atoms in total. The molecule has 0 aromatic rings. The molecular weight excluding hydrogens is 132 g/mol. The maximum Gasteiger partial charge on any atom is -0.0328 e. The predicted molar refractivity (Wildman–Crippen MR) is 52.5 cm³/mol. The molecule has 0 bridgehead atoms. The van der Waals surface area contributed by atoms with Crippen LogP contribution >= 0.6 is 0 Å². The van der Waals surface area contributed by atoms with Gasteiger partial charge in [0.15, 0.2) is 0 Å². The minimum atomic E-state index is 0.523. The third-order valence-electron chi connectivity index (χ3n) is 2.84. The van der Waals surface area contributed by atoms with Crippen molar-refractivity contribution in [3.8, 4) is 0 Å². The SMILES string of the molecule is [CH2]CC(C)(CC)CCCCC. The molecule has 1 unspecified atom stereocenters. The summed E-state index contributed by atoms with van der Waals surface area (Å²) in [5.41, 5.74) is 0.523. The van der Waals surface area contributed by atoms with Gasteiger partial charge in [-0.15, -0.1) is 0 Å². The Labute approximate surface area is 72.4 Å². The molecule has 0 amide bonds. The van der Waals surface area contributed by atoms with Crippen molar-refractivity contribution in [2.75, 3.05) is 0 Å². The molecule has 11 heavy (non-hydrogen) atoms. The molecule has 0 heteroatoms. The van der Waals surface area contributed by atoms with Crippen molar-refractivity contribution >= 4 is 0 Å². The summed E-state index contributed by atoms with van der Waals surface area (Å²) in [5.74, 6) is 0. The van der Waals surface area contributed by atoms with E-state index in [9.17, 15) is 0 Å². The van der Waals surface area contributed by atoms with Crippen molar-refractivity contribution in [1.82, 2.24) is 0 Å². The highest BCUT2D eigenvalue weighted by Gasteiger charge is 2.17. The van der Waals surface area contributed by atoms with E-state index >= 15 is 0 Å². The summed E-state index contributed by atoms with van der Waals surface area (Å²) >= 11 is 0. The Bertz CT molecular complexity index is 80.0. The van der Waals surface area contributed by atoms with Crippen LogP contribution in [0.1, 0.15) is 59.3 Å². The van der Waals surface area contributed by atoms with Crippen LogP contribution in [0.3, 0.4) is 0 Å². The molecule has 0 fully saturated rings. The van der Waals surface area contributed by atoms with Gasteiger partial charge in [0.1, 0.15) is 0 Å². The Kier molecular flexibility index (Phi) is 5.62. The molecule has 0 N–H and O–H groups in total. The minimum Gasteiger partial charge on any atom is -0.0654 e. The molecule has 0 aromatic carbocycles. The van der Waals surface area contributed by atoms with Gasteiger partial charge in [0, 0.05) is 0 Å². The fourth-order valence-electron chi connectivity index (χ4n) is 1.28. The van der Waals surface area contributed by atoms with Crippen molar-refractivity contribution in [2.24, 2.45) is 5.41 Å². The van der Waals surface area contributed by atoms with Gasteiger partial charge in [-0.05, 0) is 18.3 Å². The van der Waals surface area contributed by atoms with Crippen molar-refractivity contribution in [3.63, 3.8) is 0 Å². The average molecular weight is 155 g/mol. The normalized spacial score (nSPS) is 12.0. The van der Waals surface area contributed by atoms with Gasteiger partial charge in [-0.25, -0.2) is 0 Å². The zero-order valence-electron chi connectivity index (χ0n) is 8.45. The first-order valence-electron chi connectivity index (χ1n) is 4.97. The third kappa shape index (κ3) is 4.44. The van der Waals surface area contributed by atoms with Gasteiger partial charge >= 0.3 is 0 Å². The van der Waals surface area contributed by atoms with E-state index in [4.69, 9.17) is 0 Å². The van der Waals surface area contributed by atoms with Crippen LogP contribution in [-0.2, 0) is 0 Å². The fraction of sp³-hybridized carbons (Fsp3) is 0.909. The van der Waals surface area contributed by atoms with E-state index in [1.54, 1.807) is 0 Å². The first kappa shape index (κ1) is 11.0. The van der Waals surface area contributed by atoms with E-state index in [-0.39, 0.29) is 0 Å². The van der Waals surface area contributed by atoms with Gasteiger partial charge < -0.3 is 0 Å². The second kappa shape index (κ2) is 5.62. The summed E-state index contributed by atoms with van der Waals surface area (Å²) in [6, 6.07) is 0. The standard InChI is InChI=1S/C11H23/c1-5-8-9-10-11(4,6-2)7-3/h2,5-10H2,1,3-4H3. The van der Waals surface area contributed by atoms with Crippen LogP contribution < -0.4 is 0 Å². The molecule has 67 valence electrons. The first-order chi connectivity index (χ1) is 5.18. The lowest BCUT2D eigenvalue weighted by Gasteiger charge is -2.26. The van der Waals surface area contributed by atoms with Crippen LogP contribution in [0.25, 0.3) is 0 Å². The molecule has 1 radical (unpaired) electrons. The van der Waals surface area contributed by atoms with Crippen LogP contribution in [0.15, 0.2) is 0 Å². The summed E-state index contributed by atoms with van der Waals surface area (Å²) in [6.45, 7) is 10.9.